The standard InChI is InChI=1S/C17H23NO3/c1-13-6-4-7-14(12-13)17(9-5-10-17)16(21)18-11-3-2-8-15(19)20/h4,6-7,12H,2-3,5,8-11H2,1H3,(H,18,21)(H,19,20). The molecular weight excluding hydrogens is 266 g/mol. The van der Waals surface area contributed by atoms with Gasteiger partial charge in [0.15, 0.2) is 0 Å². The van der Waals surface area contributed by atoms with Crippen molar-refractivity contribution in [3.05, 3.63) is 35.4 Å². The van der Waals surface area contributed by atoms with Gasteiger partial charge in [0.2, 0.25) is 5.91 Å². The van der Waals surface area contributed by atoms with E-state index in [4.69, 9.17) is 5.11 Å². The average molecular weight is 289 g/mol. The predicted molar refractivity (Wildman–Crippen MR) is 81.2 cm³/mol. The molecule has 1 aromatic rings. The Bertz CT molecular complexity index is 521. The van der Waals surface area contributed by atoms with Gasteiger partial charge in [-0.3, -0.25) is 9.59 Å². The summed E-state index contributed by atoms with van der Waals surface area (Å²) in [5.74, 6) is -0.689. The van der Waals surface area contributed by atoms with E-state index in [1.165, 1.54) is 5.56 Å². The molecule has 0 radical (unpaired) electrons. The summed E-state index contributed by atoms with van der Waals surface area (Å²) in [6, 6.07) is 8.18. The van der Waals surface area contributed by atoms with E-state index in [1.807, 2.05) is 25.1 Å². The Morgan fingerprint density at radius 1 is 1.29 bits per heavy atom. The molecule has 114 valence electrons. The second kappa shape index (κ2) is 6.74. The number of aliphatic carboxylic acids is 1. The molecule has 0 saturated heterocycles. The van der Waals surface area contributed by atoms with Crippen LogP contribution >= 0.6 is 0 Å². The van der Waals surface area contributed by atoms with E-state index in [1.54, 1.807) is 0 Å². The van der Waals surface area contributed by atoms with Crippen LogP contribution in [-0.4, -0.2) is 23.5 Å². The van der Waals surface area contributed by atoms with E-state index in [0.717, 1.165) is 24.8 Å². The molecule has 21 heavy (non-hydrogen) atoms. The zero-order valence-corrected chi connectivity index (χ0v) is 12.5. The second-order valence-electron chi connectivity index (χ2n) is 5.91. The molecule has 0 aliphatic heterocycles. The first kappa shape index (κ1) is 15.5. The smallest absolute Gasteiger partial charge is 0.303 e. The van der Waals surface area contributed by atoms with Crippen LogP contribution in [0, 0.1) is 6.92 Å². The molecule has 0 aromatic heterocycles. The van der Waals surface area contributed by atoms with Crippen molar-refractivity contribution in [3.63, 3.8) is 0 Å². The van der Waals surface area contributed by atoms with Gasteiger partial charge in [-0.25, -0.2) is 0 Å². The van der Waals surface area contributed by atoms with Crippen LogP contribution in [-0.2, 0) is 15.0 Å². The van der Waals surface area contributed by atoms with E-state index >= 15 is 0 Å². The van der Waals surface area contributed by atoms with Gasteiger partial charge in [0.05, 0.1) is 5.41 Å². The Labute approximate surface area is 125 Å². The van der Waals surface area contributed by atoms with Gasteiger partial charge >= 0.3 is 5.97 Å². The Morgan fingerprint density at radius 3 is 2.62 bits per heavy atom. The Morgan fingerprint density at radius 2 is 2.05 bits per heavy atom. The third-order valence-corrected chi connectivity index (χ3v) is 4.32. The van der Waals surface area contributed by atoms with E-state index in [-0.39, 0.29) is 17.7 Å². The maximum absolute atomic E-state index is 12.5. The van der Waals surface area contributed by atoms with Crippen molar-refractivity contribution in [1.29, 1.82) is 0 Å². The number of hydrogen-bond acceptors (Lipinski definition) is 2. The molecule has 1 saturated carbocycles. The van der Waals surface area contributed by atoms with Crippen LogP contribution < -0.4 is 5.32 Å². The first-order valence-corrected chi connectivity index (χ1v) is 7.62. The van der Waals surface area contributed by atoms with Crippen molar-refractivity contribution >= 4 is 11.9 Å². The van der Waals surface area contributed by atoms with E-state index in [2.05, 4.69) is 11.4 Å². The molecule has 0 spiro atoms. The number of carbonyl (C=O) groups excluding carboxylic acids is 1. The number of benzene rings is 1. The van der Waals surface area contributed by atoms with Crippen LogP contribution in [0.1, 0.15) is 49.7 Å². The van der Waals surface area contributed by atoms with Gasteiger partial charge in [0.1, 0.15) is 0 Å². The number of carboxylic acids is 1. The highest BCUT2D eigenvalue weighted by Gasteiger charge is 2.45. The molecule has 1 fully saturated rings. The molecule has 1 amide bonds. The van der Waals surface area contributed by atoms with Crippen molar-refractivity contribution in [2.75, 3.05) is 6.54 Å². The zero-order valence-electron chi connectivity index (χ0n) is 12.5. The van der Waals surface area contributed by atoms with Crippen LogP contribution in [0.4, 0.5) is 0 Å². The number of nitrogens with one attached hydrogen (secondary N) is 1. The summed E-state index contributed by atoms with van der Waals surface area (Å²) in [6.07, 6.45) is 4.36. The van der Waals surface area contributed by atoms with Crippen molar-refractivity contribution in [2.45, 2.75) is 50.9 Å². The summed E-state index contributed by atoms with van der Waals surface area (Å²) in [5, 5.41) is 11.6. The Hall–Kier alpha value is -1.84. The first-order valence-electron chi connectivity index (χ1n) is 7.62. The van der Waals surface area contributed by atoms with Gasteiger partial charge in [-0.05, 0) is 38.2 Å². The van der Waals surface area contributed by atoms with Crippen molar-refractivity contribution in [2.24, 2.45) is 0 Å². The van der Waals surface area contributed by atoms with Gasteiger partial charge in [0, 0.05) is 13.0 Å². The maximum atomic E-state index is 12.5. The molecule has 4 heteroatoms. The fourth-order valence-corrected chi connectivity index (χ4v) is 2.89. The third kappa shape index (κ3) is 3.63. The van der Waals surface area contributed by atoms with Gasteiger partial charge in [-0.1, -0.05) is 36.2 Å². The molecule has 2 N–H and O–H groups in total. The topological polar surface area (TPSA) is 66.4 Å². The minimum atomic E-state index is -0.781. The Balaban J connectivity index is 1.91. The van der Waals surface area contributed by atoms with Crippen LogP contribution in [0.15, 0.2) is 24.3 Å². The van der Waals surface area contributed by atoms with Crippen molar-refractivity contribution < 1.29 is 14.7 Å². The van der Waals surface area contributed by atoms with Crippen molar-refractivity contribution in [3.8, 4) is 0 Å². The van der Waals surface area contributed by atoms with Gasteiger partial charge in [0.25, 0.3) is 0 Å². The predicted octanol–water partition coefficient (Wildman–Crippen LogP) is 2.79. The minimum absolute atomic E-state index is 0.0923. The van der Waals surface area contributed by atoms with Crippen LogP contribution in [0.25, 0.3) is 0 Å². The SMILES string of the molecule is Cc1cccc(C2(C(=O)NCCCCC(=O)O)CCC2)c1. The highest BCUT2D eigenvalue weighted by atomic mass is 16.4. The fourth-order valence-electron chi connectivity index (χ4n) is 2.89. The number of hydrogen-bond donors (Lipinski definition) is 2. The largest absolute Gasteiger partial charge is 0.481 e. The molecule has 2 rings (SSSR count). The summed E-state index contributed by atoms with van der Waals surface area (Å²) in [5.41, 5.74) is 1.92. The third-order valence-electron chi connectivity index (χ3n) is 4.32. The quantitative estimate of drug-likeness (QED) is 0.759. The van der Waals surface area contributed by atoms with E-state index < -0.39 is 5.97 Å². The molecule has 0 heterocycles. The van der Waals surface area contributed by atoms with E-state index in [0.29, 0.717) is 19.4 Å². The molecule has 0 bridgehead atoms. The number of carbonyl (C=O) groups is 2. The molecule has 4 nitrogen and oxygen atoms in total. The summed E-state index contributed by atoms with van der Waals surface area (Å²) in [4.78, 5) is 23.0. The zero-order chi connectivity index (χ0) is 15.3. The molecule has 1 aromatic carbocycles. The number of aryl methyl sites for hydroxylation is 1. The summed E-state index contributed by atoms with van der Waals surface area (Å²) in [6.45, 7) is 2.60. The minimum Gasteiger partial charge on any atom is -0.481 e. The van der Waals surface area contributed by atoms with Crippen LogP contribution in [0.2, 0.25) is 0 Å². The lowest BCUT2D eigenvalue weighted by Gasteiger charge is -2.41. The van der Waals surface area contributed by atoms with Gasteiger partial charge in [-0.15, -0.1) is 0 Å². The van der Waals surface area contributed by atoms with Crippen LogP contribution in [0.5, 0.6) is 0 Å². The van der Waals surface area contributed by atoms with Crippen LogP contribution in [0.3, 0.4) is 0 Å². The summed E-state index contributed by atoms with van der Waals surface area (Å²) >= 11 is 0. The lowest BCUT2D eigenvalue weighted by atomic mass is 9.63. The number of unbranched alkanes of at least 4 members (excludes halogenated alkanes) is 1. The molecule has 1 aliphatic carbocycles. The highest BCUT2D eigenvalue weighted by molar-refractivity contribution is 5.89. The van der Waals surface area contributed by atoms with Gasteiger partial charge < -0.3 is 10.4 Å². The number of rotatable bonds is 7. The molecule has 1 aliphatic rings. The number of amides is 1. The lowest BCUT2D eigenvalue weighted by molar-refractivity contribution is -0.137. The molecule has 0 atom stereocenters. The lowest BCUT2D eigenvalue weighted by Crippen LogP contribution is -2.49. The Kier molecular flexibility index (Phi) is 4.99. The molecule has 0 unspecified atom stereocenters. The summed E-state index contributed by atoms with van der Waals surface area (Å²) in [7, 11) is 0. The first-order chi connectivity index (χ1) is 10.0. The van der Waals surface area contributed by atoms with Gasteiger partial charge in [-0.2, -0.15) is 0 Å². The molecular formula is C17H23NO3. The second-order valence-corrected chi connectivity index (χ2v) is 5.91. The average Bonchev–Trinajstić information content (AvgIpc) is 2.36. The van der Waals surface area contributed by atoms with E-state index in [9.17, 15) is 9.59 Å². The summed E-state index contributed by atoms with van der Waals surface area (Å²) < 4.78 is 0. The fraction of sp³-hybridized carbons (Fsp3) is 0.529. The maximum Gasteiger partial charge on any atom is 0.303 e. The highest BCUT2D eigenvalue weighted by Crippen LogP contribution is 2.44. The monoisotopic (exact) mass is 289 g/mol. The normalized spacial score (nSPS) is 16.0. The van der Waals surface area contributed by atoms with Crippen molar-refractivity contribution in [1.82, 2.24) is 5.32 Å². The number of carboxylic acid groups (broad SMARTS) is 1.